The number of hydrogen-bond donors (Lipinski definition) is 6. The number of aliphatic carboxylic acids is 1. The molecule has 20 N–H and O–H groups in total. The molecule has 41 nitrogen and oxygen atoms in total. The van der Waals surface area contributed by atoms with Gasteiger partial charge in [-0.15, -0.1) is 0 Å². The number of unbranched alkanes of at least 4 members (excludes halogenated alkanes) is 1. The van der Waals surface area contributed by atoms with E-state index in [2.05, 4.69) is 53.8 Å². The first-order valence-electron chi connectivity index (χ1n) is 39.9. The van der Waals surface area contributed by atoms with Crippen molar-refractivity contribution in [2.24, 2.45) is 25.9 Å². The van der Waals surface area contributed by atoms with Crippen LogP contribution < -0.4 is 51.3 Å². The molecule has 0 bridgehead atoms. The number of nitrogens with zero attached hydrogens (tertiary/aromatic N) is 10. The second kappa shape index (κ2) is 38.8. The van der Waals surface area contributed by atoms with Gasteiger partial charge in [0, 0.05) is 73.0 Å². The molecule has 0 fully saturated rings. The molecule has 4 aromatic carbocycles. The molecule has 6 aliphatic rings. The molecule has 692 valence electrons. The van der Waals surface area contributed by atoms with Crippen molar-refractivity contribution in [2.75, 3.05) is 100.0 Å². The van der Waals surface area contributed by atoms with Crippen LogP contribution in [-0.2, 0) is 83.3 Å². The van der Waals surface area contributed by atoms with E-state index in [4.69, 9.17) is 20.0 Å². The van der Waals surface area contributed by atoms with Crippen molar-refractivity contribution in [3.8, 4) is 0 Å². The number of carboxylic acid groups (broad SMARTS) is 1. The Bertz CT molecular complexity index is 5600. The van der Waals surface area contributed by atoms with E-state index in [9.17, 15) is 101 Å². The van der Waals surface area contributed by atoms with Crippen molar-refractivity contribution in [3.05, 3.63) is 136 Å². The minimum Gasteiger partial charge on any atom is -0.693 e. The minimum atomic E-state index is -7.36. The van der Waals surface area contributed by atoms with Crippen LogP contribution in [0.1, 0.15) is 125 Å². The van der Waals surface area contributed by atoms with Crippen molar-refractivity contribution in [2.45, 2.75) is 141 Å². The number of nitrogens with one attached hydrogen (secondary N) is 2. The van der Waals surface area contributed by atoms with Gasteiger partial charge in [-0.2, -0.15) is 0 Å². The largest absolute Gasteiger partial charge is 0.693 e. The van der Waals surface area contributed by atoms with Gasteiger partial charge >= 0.3 is 438 Å². The number of rotatable bonds is 50. The van der Waals surface area contributed by atoms with Crippen LogP contribution in [0.5, 0.6) is 0 Å². The first kappa shape index (κ1) is 103. The van der Waals surface area contributed by atoms with Crippen LogP contribution in [0.2, 0.25) is 38.3 Å². The molecule has 2 aromatic heterocycles. The Morgan fingerprint density at radius 3 is 1.06 bits per heavy atom. The molecule has 0 unspecified atom stereocenters. The number of fused-ring (bicyclic) bond motifs is 12. The number of aromatic nitrogens is 2. The van der Waals surface area contributed by atoms with Gasteiger partial charge in [0.2, 0.25) is 0 Å². The Balaban J connectivity index is 0.00000422. The molecule has 0 saturated heterocycles. The number of quaternary nitrogens is 6. The number of benzene rings is 4. The summed E-state index contributed by atoms with van der Waals surface area (Å²) in [7, 11) is -43.9. The molecule has 0 radical (unpaired) electrons. The first-order chi connectivity index (χ1) is 55.7. The van der Waals surface area contributed by atoms with Gasteiger partial charge in [-0.1, -0.05) is 0 Å². The quantitative estimate of drug-likeness (QED) is 0.0130. The maximum atomic E-state index is 15.6. The third-order valence-electron chi connectivity index (χ3n) is 23.6. The number of amidine groups is 4. The molecule has 8 heterocycles. The summed E-state index contributed by atoms with van der Waals surface area (Å²) in [5.74, 6) is -5.59. The molecule has 50 heteroatoms. The molecule has 6 aromatic rings. The van der Waals surface area contributed by atoms with E-state index in [1.807, 2.05) is 97.1 Å². The molecular formula is C74H117N17O24S6Si3-2. The smallest absolute Gasteiger partial charge is 0.369 e. The second-order valence-electron chi connectivity index (χ2n) is 33.3. The average Bonchev–Trinajstić information content (AvgIpc) is 1.33. The second-order valence-corrected chi connectivity index (χ2v) is 56.7. The molecule has 0 atom stereocenters. The van der Waals surface area contributed by atoms with Crippen molar-refractivity contribution < 1.29 is 123 Å². The Labute approximate surface area is 724 Å². The number of carboxylic acids is 1. The fourth-order valence-electron chi connectivity index (χ4n) is 19.1. The Hall–Kier alpha value is -7.60. The summed E-state index contributed by atoms with van der Waals surface area (Å²) in [6, 6.07) is 32.0. The standard InChI is InChI=1S/C74H104N12O24S6Si3.4H3N.H2N/c1-117(2,53-17-37-75-64(87)35-13-14-36-65(88)89)109-119(81-66-56-27-5-6-28-57(56)67(81)78-69-60-31-9-10-32-61(60)71(83(69)119)80-73-63-34-12-11-33-62(63)72(84(73)119)79-70-59-30-8-7-29-58(59)68(77-66)82(70)119)110-118(3,4)54-18-38-76-74(90)55(25-15-39-85(41-19-47-111(91,92)93,42-20-48-112(94,95)96)43-21-49-113(97,98)99)26-16-40-86(44-22-50-114(100,101)102,45-23-51-115(103,104)105)46-24-52-116(106,107)108;;;;;/h5-12,27-34,55H,13-26,35-54H2,1-4H3,(H7-2,75,76,87,88,89,90,91,92,93,94,95,96,97,98,99,100,101,102,103,104,105,106,107,108);4*1H3;1H2/q;;;;;-1/p-1. The van der Waals surface area contributed by atoms with E-state index >= 15 is 4.79 Å². The van der Waals surface area contributed by atoms with E-state index in [1.54, 1.807) is 0 Å². The Morgan fingerprint density at radius 1 is 0.419 bits per heavy atom. The van der Waals surface area contributed by atoms with Crippen molar-refractivity contribution >= 4 is 159 Å². The number of hydrogen-bond acceptors (Lipinski definition) is 28. The summed E-state index contributed by atoms with van der Waals surface area (Å²) in [5.41, 5.74) is 3.80. The molecule has 12 rings (SSSR count). The van der Waals surface area contributed by atoms with E-state index in [0.29, 0.717) is 109 Å². The number of aliphatic imine (C=N–C) groups is 2. The fourth-order valence-corrected chi connectivity index (χ4v) is 44.2. The van der Waals surface area contributed by atoms with Crippen LogP contribution in [0, 0.1) is 5.92 Å². The zero-order chi connectivity index (χ0) is 86.3. The summed E-state index contributed by atoms with van der Waals surface area (Å²) in [6.07, 6.45) is -0.826. The van der Waals surface area contributed by atoms with Gasteiger partial charge in [0.1, 0.15) is 0 Å². The summed E-state index contributed by atoms with van der Waals surface area (Å²) >= 11 is 0. The summed E-state index contributed by atoms with van der Waals surface area (Å²) in [4.78, 5) is 63.5. The van der Waals surface area contributed by atoms with Crippen LogP contribution in [0.3, 0.4) is 0 Å². The Kier molecular flexibility index (Phi) is 32.3. The molecular weight excluding hydrogens is 1790 g/mol. The maximum Gasteiger partial charge on any atom is -0.369 e. The zero-order valence-corrected chi connectivity index (χ0v) is 79.1. The summed E-state index contributed by atoms with van der Waals surface area (Å²) in [6.45, 7) is 7.35. The predicted octanol–water partition coefficient (Wildman–Crippen LogP) is 4.74. The van der Waals surface area contributed by atoms with Gasteiger partial charge in [0.25, 0.3) is 0 Å². The van der Waals surface area contributed by atoms with Crippen LogP contribution in [0.4, 0.5) is 11.6 Å². The minimum absolute atomic E-state index is 0. The third kappa shape index (κ3) is 21.5. The summed E-state index contributed by atoms with van der Waals surface area (Å²) in [5, 5.41) is 20.4. The van der Waals surface area contributed by atoms with Crippen molar-refractivity contribution in [1.82, 2.24) is 43.7 Å². The van der Waals surface area contributed by atoms with Crippen LogP contribution >= 0.6 is 0 Å². The van der Waals surface area contributed by atoms with Gasteiger partial charge in [0.15, 0.2) is 0 Å². The monoisotopic (exact) mass is 1900 g/mol. The SMILES string of the molecule is C[Si](C)(CCCNC(=O)CCCCC(=O)[O-])O[Si-2]123(O[Si](C)(C)CCCNC(=O)C(CCC[N+](CCCS(=O)(=O)[O-])(CCCS(=O)(=O)[O-])CCCS(=O)(=O)[O-])CCC[N+](CCCS(=O)(=O)[O-])(CCCS(=O)(=O)[O-])CCCS(=O)(=O)[O-])n4c5c6ccccc6c4N=C4c6ccccc6C(=[N+]41)N=c1c4ccccc4c(n12)=NC1=[N+]3C(=N5)c2ccccc21.[NH2-].[NH4+].[NH4+].[NH4+].[NH4+]. The van der Waals surface area contributed by atoms with Gasteiger partial charge < -0.3 is 68.0 Å². The zero-order valence-electron chi connectivity index (χ0n) is 71.2. The van der Waals surface area contributed by atoms with Crippen molar-refractivity contribution in [3.63, 3.8) is 0 Å². The first-order valence-corrected chi connectivity index (χ1v) is 58.2. The predicted molar refractivity (Wildman–Crippen MR) is 468 cm³/mol. The van der Waals surface area contributed by atoms with E-state index in [-0.39, 0.29) is 207 Å². The molecule has 124 heavy (non-hydrogen) atoms. The van der Waals surface area contributed by atoms with E-state index < -0.39 is 137 Å². The Morgan fingerprint density at radius 2 is 0.726 bits per heavy atom. The molecule has 0 aliphatic carbocycles. The van der Waals surface area contributed by atoms with Crippen molar-refractivity contribution in [1.29, 1.82) is 0 Å². The maximum absolute atomic E-state index is 15.6. The number of carbonyl (C=O) groups is 3. The van der Waals surface area contributed by atoms with Gasteiger partial charge in [-0.05, 0) is 0 Å². The molecule has 6 aliphatic heterocycles. The van der Waals surface area contributed by atoms with Gasteiger partial charge in [-0.3, -0.25) is 0 Å². The average molecular weight is 1910 g/mol. The van der Waals surface area contributed by atoms with E-state index in [1.165, 1.54) is 0 Å². The number of nitrogens with two attached hydrogens (primary N) is 1. The summed E-state index contributed by atoms with van der Waals surface area (Å²) < 4.78 is 244. The van der Waals surface area contributed by atoms with Crippen LogP contribution in [0.15, 0.2) is 117 Å². The topological polar surface area (TPSA) is 705 Å². The molecule has 0 saturated carbocycles. The normalized spacial score (nSPS) is 16.3. The number of carbonyl (C=O) groups excluding carboxylic acids is 3. The van der Waals surface area contributed by atoms with Gasteiger partial charge in [-0.25, -0.2) is 50.5 Å². The third-order valence-corrected chi connectivity index (χ3v) is 45.0. The number of amides is 2. The molecule has 2 amide bonds. The van der Waals surface area contributed by atoms with E-state index in [0.717, 1.165) is 0 Å². The van der Waals surface area contributed by atoms with Crippen LogP contribution in [0.25, 0.3) is 27.7 Å². The van der Waals surface area contributed by atoms with Crippen LogP contribution in [-0.4, -0.2) is 269 Å². The fraction of sp³-hybridized carbons (Fsp3) is 0.527. The molecule has 1 spiro atoms. The van der Waals surface area contributed by atoms with Gasteiger partial charge in [0.05, 0.1) is 100.0 Å².